The summed E-state index contributed by atoms with van der Waals surface area (Å²) in [5.74, 6) is 1.33. The molecule has 1 saturated heterocycles. The predicted molar refractivity (Wildman–Crippen MR) is 57.0 cm³/mol. The lowest BCUT2D eigenvalue weighted by Gasteiger charge is -2.22. The minimum absolute atomic E-state index is 0.0937. The summed E-state index contributed by atoms with van der Waals surface area (Å²) in [6.07, 6.45) is 2.50. The first-order valence-electron chi connectivity index (χ1n) is 4.71. The Balaban J connectivity index is 2.21. The first kappa shape index (κ1) is 10.9. The first-order valence-corrected chi connectivity index (χ1v) is 5.70. The number of hydrogen-bond acceptors (Lipinski definition) is 3. The highest BCUT2D eigenvalue weighted by Crippen LogP contribution is 2.36. The Kier molecular flexibility index (Phi) is 4.06. The molecule has 1 rings (SSSR count). The van der Waals surface area contributed by atoms with Gasteiger partial charge in [0.25, 0.3) is 0 Å². The predicted octanol–water partition coefficient (Wildman–Crippen LogP) is 0.608. The molecule has 1 aliphatic heterocycles. The molecule has 0 aliphatic carbocycles. The van der Waals surface area contributed by atoms with Gasteiger partial charge in [-0.3, -0.25) is 4.79 Å². The van der Waals surface area contributed by atoms with Crippen LogP contribution in [0.15, 0.2) is 0 Å². The lowest BCUT2D eigenvalue weighted by atomic mass is 10.1. The molecule has 0 bridgehead atoms. The molecule has 0 radical (unpaired) electrons. The van der Waals surface area contributed by atoms with Crippen molar-refractivity contribution in [2.75, 3.05) is 25.9 Å². The van der Waals surface area contributed by atoms with Gasteiger partial charge in [-0.2, -0.15) is 11.8 Å². The van der Waals surface area contributed by atoms with Gasteiger partial charge in [-0.05, 0) is 32.6 Å². The summed E-state index contributed by atoms with van der Waals surface area (Å²) in [5, 5.41) is 5.78. The van der Waals surface area contributed by atoms with Crippen molar-refractivity contribution in [3.63, 3.8) is 0 Å². The van der Waals surface area contributed by atoms with Crippen molar-refractivity contribution in [2.24, 2.45) is 0 Å². The van der Waals surface area contributed by atoms with E-state index in [1.165, 1.54) is 18.6 Å². The fourth-order valence-electron chi connectivity index (χ4n) is 1.48. The van der Waals surface area contributed by atoms with Gasteiger partial charge < -0.3 is 10.6 Å². The number of carbonyl (C=O) groups is 1. The van der Waals surface area contributed by atoms with Crippen LogP contribution in [-0.2, 0) is 4.79 Å². The summed E-state index contributed by atoms with van der Waals surface area (Å²) < 4.78 is 0.281. The van der Waals surface area contributed by atoms with Gasteiger partial charge >= 0.3 is 0 Å². The zero-order valence-electron chi connectivity index (χ0n) is 8.35. The Labute approximate surface area is 84.0 Å². The fourth-order valence-corrected chi connectivity index (χ4v) is 2.73. The second kappa shape index (κ2) is 4.86. The Morgan fingerprint density at radius 2 is 2.38 bits per heavy atom. The molecule has 1 amide bonds. The SMILES string of the molecule is CNCC(=O)NCC1(C)CCCS1. The van der Waals surface area contributed by atoms with Crippen LogP contribution in [0.2, 0.25) is 0 Å². The number of thioether (sulfide) groups is 1. The van der Waals surface area contributed by atoms with Crippen LogP contribution in [0.5, 0.6) is 0 Å². The Bertz CT molecular complexity index is 178. The van der Waals surface area contributed by atoms with Crippen LogP contribution in [0.4, 0.5) is 0 Å². The minimum Gasteiger partial charge on any atom is -0.354 e. The van der Waals surface area contributed by atoms with Crippen LogP contribution in [0.1, 0.15) is 19.8 Å². The molecule has 76 valence electrons. The van der Waals surface area contributed by atoms with Gasteiger partial charge in [0.05, 0.1) is 6.54 Å². The molecule has 1 heterocycles. The number of likely N-dealkylation sites (N-methyl/N-ethyl adjacent to an activating group) is 1. The van der Waals surface area contributed by atoms with Crippen molar-refractivity contribution < 1.29 is 4.79 Å². The summed E-state index contributed by atoms with van der Waals surface area (Å²) >= 11 is 1.97. The third-order valence-electron chi connectivity index (χ3n) is 2.30. The molecular weight excluding hydrogens is 184 g/mol. The molecule has 1 atom stereocenters. The van der Waals surface area contributed by atoms with E-state index in [0.29, 0.717) is 6.54 Å². The van der Waals surface area contributed by atoms with E-state index in [4.69, 9.17) is 0 Å². The van der Waals surface area contributed by atoms with Gasteiger partial charge in [-0.25, -0.2) is 0 Å². The fraction of sp³-hybridized carbons (Fsp3) is 0.889. The normalized spacial score (nSPS) is 27.5. The van der Waals surface area contributed by atoms with Crippen LogP contribution in [-0.4, -0.2) is 36.5 Å². The molecule has 0 saturated carbocycles. The first-order chi connectivity index (χ1) is 6.16. The standard InChI is InChI=1S/C9H18N2OS/c1-9(4-3-5-13-9)7-11-8(12)6-10-2/h10H,3-7H2,1-2H3,(H,11,12). The monoisotopic (exact) mass is 202 g/mol. The van der Waals surface area contributed by atoms with E-state index < -0.39 is 0 Å². The maximum atomic E-state index is 11.2. The van der Waals surface area contributed by atoms with Gasteiger partial charge in [0.1, 0.15) is 0 Å². The van der Waals surface area contributed by atoms with Crippen molar-refractivity contribution in [2.45, 2.75) is 24.5 Å². The van der Waals surface area contributed by atoms with Crippen molar-refractivity contribution in [1.29, 1.82) is 0 Å². The van der Waals surface area contributed by atoms with Crippen LogP contribution < -0.4 is 10.6 Å². The van der Waals surface area contributed by atoms with E-state index in [1.54, 1.807) is 7.05 Å². The topological polar surface area (TPSA) is 41.1 Å². The molecule has 1 fully saturated rings. The minimum atomic E-state index is 0.0937. The number of carbonyl (C=O) groups excluding carboxylic acids is 1. The summed E-state index contributed by atoms with van der Waals surface area (Å²) in [7, 11) is 1.78. The molecule has 0 aromatic carbocycles. The quantitative estimate of drug-likeness (QED) is 0.702. The molecular formula is C9H18N2OS. The Morgan fingerprint density at radius 3 is 2.92 bits per heavy atom. The molecule has 13 heavy (non-hydrogen) atoms. The van der Waals surface area contributed by atoms with E-state index in [2.05, 4.69) is 17.6 Å². The van der Waals surface area contributed by atoms with E-state index >= 15 is 0 Å². The van der Waals surface area contributed by atoms with E-state index in [0.717, 1.165) is 6.54 Å². The highest BCUT2D eigenvalue weighted by molar-refractivity contribution is 8.00. The summed E-state index contributed by atoms with van der Waals surface area (Å²) in [4.78, 5) is 11.2. The highest BCUT2D eigenvalue weighted by Gasteiger charge is 2.29. The van der Waals surface area contributed by atoms with Gasteiger partial charge in [0.15, 0.2) is 0 Å². The molecule has 1 aliphatic rings. The van der Waals surface area contributed by atoms with Gasteiger partial charge in [-0.1, -0.05) is 0 Å². The molecule has 1 unspecified atom stereocenters. The van der Waals surface area contributed by atoms with Crippen molar-refractivity contribution in [3.05, 3.63) is 0 Å². The maximum absolute atomic E-state index is 11.2. The number of amides is 1. The van der Waals surface area contributed by atoms with Crippen LogP contribution in [0.3, 0.4) is 0 Å². The van der Waals surface area contributed by atoms with E-state index in [1.807, 2.05) is 11.8 Å². The zero-order chi connectivity index (χ0) is 9.73. The van der Waals surface area contributed by atoms with Gasteiger partial charge in [0, 0.05) is 11.3 Å². The van der Waals surface area contributed by atoms with Gasteiger partial charge in [0.2, 0.25) is 5.91 Å². The molecule has 0 aromatic rings. The second-order valence-corrected chi connectivity index (χ2v) is 5.39. The summed E-state index contributed by atoms with van der Waals surface area (Å²) in [6, 6.07) is 0. The summed E-state index contributed by atoms with van der Waals surface area (Å²) in [5.41, 5.74) is 0. The average molecular weight is 202 g/mol. The summed E-state index contributed by atoms with van der Waals surface area (Å²) in [6.45, 7) is 3.45. The van der Waals surface area contributed by atoms with Crippen LogP contribution in [0, 0.1) is 0 Å². The van der Waals surface area contributed by atoms with Crippen molar-refractivity contribution >= 4 is 17.7 Å². The van der Waals surface area contributed by atoms with Crippen LogP contribution >= 0.6 is 11.8 Å². The lowest BCUT2D eigenvalue weighted by Crippen LogP contribution is -2.40. The number of hydrogen-bond donors (Lipinski definition) is 2. The van der Waals surface area contributed by atoms with Crippen LogP contribution in [0.25, 0.3) is 0 Å². The highest BCUT2D eigenvalue weighted by atomic mass is 32.2. The van der Waals surface area contributed by atoms with Gasteiger partial charge in [-0.15, -0.1) is 0 Å². The Morgan fingerprint density at radius 1 is 1.62 bits per heavy atom. The molecule has 3 nitrogen and oxygen atoms in total. The van der Waals surface area contributed by atoms with Crippen molar-refractivity contribution in [1.82, 2.24) is 10.6 Å². The van der Waals surface area contributed by atoms with E-state index in [9.17, 15) is 4.79 Å². The molecule has 0 aromatic heterocycles. The third-order valence-corrected chi connectivity index (χ3v) is 3.84. The molecule has 2 N–H and O–H groups in total. The van der Waals surface area contributed by atoms with Crippen molar-refractivity contribution in [3.8, 4) is 0 Å². The zero-order valence-corrected chi connectivity index (χ0v) is 9.17. The third kappa shape index (κ3) is 3.56. The Hall–Kier alpha value is -0.220. The second-order valence-electron chi connectivity index (χ2n) is 3.71. The lowest BCUT2D eigenvalue weighted by molar-refractivity contribution is -0.120. The van der Waals surface area contributed by atoms with E-state index in [-0.39, 0.29) is 10.7 Å². The average Bonchev–Trinajstić information content (AvgIpc) is 2.51. The number of rotatable bonds is 4. The smallest absolute Gasteiger partial charge is 0.233 e. The molecule has 0 spiro atoms. The number of nitrogens with one attached hydrogen (secondary N) is 2. The maximum Gasteiger partial charge on any atom is 0.233 e. The molecule has 4 heteroatoms. The largest absolute Gasteiger partial charge is 0.354 e.